The lowest BCUT2D eigenvalue weighted by Gasteiger charge is -2.29. The highest BCUT2D eigenvalue weighted by Gasteiger charge is 2.21. The van der Waals surface area contributed by atoms with Crippen LogP contribution in [0.15, 0.2) is 30.5 Å². The van der Waals surface area contributed by atoms with Gasteiger partial charge < -0.3 is 4.90 Å². The predicted molar refractivity (Wildman–Crippen MR) is 101 cm³/mol. The maximum absolute atomic E-state index is 12.7. The molecular formula is C20H25N5O. The molecule has 6 nitrogen and oxygen atoms in total. The van der Waals surface area contributed by atoms with Crippen molar-refractivity contribution in [2.75, 3.05) is 6.54 Å². The SMILES string of the molecule is Cc1nn(C(C)C)c2cnn(CCC(=O)N3CCc4ccccc4C3)c12. The van der Waals surface area contributed by atoms with E-state index in [-0.39, 0.29) is 5.91 Å². The molecule has 1 aliphatic rings. The highest BCUT2D eigenvalue weighted by atomic mass is 16.2. The Morgan fingerprint density at radius 1 is 1.23 bits per heavy atom. The van der Waals surface area contributed by atoms with Gasteiger partial charge in [-0.25, -0.2) is 0 Å². The number of aromatic nitrogens is 4. The zero-order chi connectivity index (χ0) is 18.3. The van der Waals surface area contributed by atoms with Gasteiger partial charge >= 0.3 is 0 Å². The smallest absolute Gasteiger partial charge is 0.224 e. The predicted octanol–water partition coefficient (Wildman–Crippen LogP) is 3.10. The Bertz CT molecular complexity index is 952. The summed E-state index contributed by atoms with van der Waals surface area (Å²) in [7, 11) is 0. The number of rotatable bonds is 4. The van der Waals surface area contributed by atoms with Crippen molar-refractivity contribution in [3.63, 3.8) is 0 Å². The van der Waals surface area contributed by atoms with Gasteiger partial charge in [0.2, 0.25) is 5.91 Å². The molecular weight excluding hydrogens is 326 g/mol. The first-order valence-electron chi connectivity index (χ1n) is 9.30. The summed E-state index contributed by atoms with van der Waals surface area (Å²) in [6, 6.07) is 8.68. The first kappa shape index (κ1) is 16.8. The van der Waals surface area contributed by atoms with E-state index < -0.39 is 0 Å². The van der Waals surface area contributed by atoms with E-state index in [1.54, 1.807) is 0 Å². The van der Waals surface area contributed by atoms with E-state index in [0.29, 0.717) is 25.6 Å². The van der Waals surface area contributed by atoms with Crippen LogP contribution in [0.3, 0.4) is 0 Å². The lowest BCUT2D eigenvalue weighted by molar-refractivity contribution is -0.132. The van der Waals surface area contributed by atoms with E-state index in [1.807, 2.05) is 33.5 Å². The van der Waals surface area contributed by atoms with Crippen molar-refractivity contribution in [3.05, 3.63) is 47.3 Å². The number of aryl methyl sites for hydroxylation is 2. The molecule has 0 N–H and O–H groups in total. The lowest BCUT2D eigenvalue weighted by Crippen LogP contribution is -2.36. The fraction of sp³-hybridized carbons (Fsp3) is 0.450. The number of carbonyl (C=O) groups excluding carboxylic acids is 1. The van der Waals surface area contributed by atoms with Crippen molar-refractivity contribution in [2.24, 2.45) is 0 Å². The molecule has 4 rings (SSSR count). The van der Waals surface area contributed by atoms with Crippen molar-refractivity contribution >= 4 is 16.9 Å². The second kappa shape index (κ2) is 6.59. The van der Waals surface area contributed by atoms with Gasteiger partial charge in [-0.15, -0.1) is 0 Å². The fourth-order valence-electron chi connectivity index (χ4n) is 3.81. The number of fused-ring (bicyclic) bond motifs is 2. The van der Waals surface area contributed by atoms with Crippen LogP contribution in [0.5, 0.6) is 0 Å². The first-order valence-corrected chi connectivity index (χ1v) is 9.30. The molecule has 136 valence electrons. The number of benzene rings is 1. The van der Waals surface area contributed by atoms with Crippen LogP contribution < -0.4 is 0 Å². The number of hydrogen-bond acceptors (Lipinski definition) is 3. The van der Waals surface area contributed by atoms with Crippen LogP contribution in [-0.2, 0) is 24.3 Å². The average molecular weight is 351 g/mol. The molecule has 0 bridgehead atoms. The molecule has 3 aromatic rings. The van der Waals surface area contributed by atoms with Gasteiger partial charge in [0.1, 0.15) is 11.0 Å². The summed E-state index contributed by atoms with van der Waals surface area (Å²) in [5.41, 5.74) is 5.67. The molecule has 0 fully saturated rings. The highest BCUT2D eigenvalue weighted by molar-refractivity contribution is 5.79. The van der Waals surface area contributed by atoms with Gasteiger partial charge in [-0.3, -0.25) is 14.2 Å². The molecule has 0 saturated carbocycles. The molecule has 6 heteroatoms. The van der Waals surface area contributed by atoms with E-state index >= 15 is 0 Å². The first-order chi connectivity index (χ1) is 12.5. The minimum Gasteiger partial charge on any atom is -0.338 e. The lowest BCUT2D eigenvalue weighted by atomic mass is 10.00. The number of amides is 1. The molecule has 0 unspecified atom stereocenters. The topological polar surface area (TPSA) is 56.0 Å². The Balaban J connectivity index is 1.46. The largest absolute Gasteiger partial charge is 0.338 e. The maximum atomic E-state index is 12.7. The summed E-state index contributed by atoms with van der Waals surface area (Å²) >= 11 is 0. The van der Waals surface area contributed by atoms with Gasteiger partial charge in [-0.2, -0.15) is 10.2 Å². The standard InChI is InChI=1S/C20H25N5O/c1-14(2)25-18-12-21-24(20(18)15(3)22-25)11-9-19(26)23-10-8-16-6-4-5-7-17(16)13-23/h4-7,12,14H,8-11,13H2,1-3H3. The summed E-state index contributed by atoms with van der Waals surface area (Å²) in [5.74, 6) is 0.192. The molecule has 1 amide bonds. The second-order valence-electron chi connectivity index (χ2n) is 7.31. The summed E-state index contributed by atoms with van der Waals surface area (Å²) in [6.07, 6.45) is 3.26. The van der Waals surface area contributed by atoms with E-state index in [9.17, 15) is 4.79 Å². The van der Waals surface area contributed by atoms with E-state index in [2.05, 4.69) is 42.2 Å². The van der Waals surface area contributed by atoms with Gasteiger partial charge in [-0.1, -0.05) is 24.3 Å². The molecule has 1 aromatic carbocycles. The summed E-state index contributed by atoms with van der Waals surface area (Å²) in [5, 5.41) is 9.11. The molecule has 26 heavy (non-hydrogen) atoms. The Labute approximate surface area is 153 Å². The van der Waals surface area contributed by atoms with Crippen LogP contribution in [0.2, 0.25) is 0 Å². The molecule has 0 aliphatic carbocycles. The van der Waals surface area contributed by atoms with Crippen LogP contribution in [-0.4, -0.2) is 36.9 Å². The van der Waals surface area contributed by atoms with Gasteiger partial charge in [0, 0.05) is 25.6 Å². The highest BCUT2D eigenvalue weighted by Crippen LogP contribution is 2.22. The molecule has 0 saturated heterocycles. The van der Waals surface area contributed by atoms with Crippen molar-refractivity contribution in [1.82, 2.24) is 24.5 Å². The Kier molecular flexibility index (Phi) is 4.26. The zero-order valence-corrected chi connectivity index (χ0v) is 15.6. The maximum Gasteiger partial charge on any atom is 0.224 e. The van der Waals surface area contributed by atoms with Crippen molar-refractivity contribution in [3.8, 4) is 0 Å². The van der Waals surface area contributed by atoms with Gasteiger partial charge in [0.05, 0.1) is 18.4 Å². The van der Waals surface area contributed by atoms with Crippen LogP contribution in [0.1, 0.15) is 43.1 Å². The van der Waals surface area contributed by atoms with Gasteiger partial charge in [0.25, 0.3) is 0 Å². The van der Waals surface area contributed by atoms with Crippen molar-refractivity contribution in [1.29, 1.82) is 0 Å². The normalized spacial score (nSPS) is 14.2. The molecule has 0 radical (unpaired) electrons. The molecule has 3 heterocycles. The van der Waals surface area contributed by atoms with Crippen LogP contribution in [0, 0.1) is 6.92 Å². The zero-order valence-electron chi connectivity index (χ0n) is 15.6. The van der Waals surface area contributed by atoms with Crippen LogP contribution in [0.4, 0.5) is 0 Å². The summed E-state index contributed by atoms with van der Waals surface area (Å²) in [6.45, 7) is 8.33. The third kappa shape index (κ3) is 2.89. The number of nitrogens with zero attached hydrogens (tertiary/aromatic N) is 5. The third-order valence-corrected chi connectivity index (χ3v) is 5.18. The third-order valence-electron chi connectivity index (χ3n) is 5.18. The van der Waals surface area contributed by atoms with Crippen LogP contribution >= 0.6 is 0 Å². The second-order valence-corrected chi connectivity index (χ2v) is 7.31. The quantitative estimate of drug-likeness (QED) is 0.726. The number of hydrogen-bond donors (Lipinski definition) is 0. The minimum absolute atomic E-state index is 0.192. The molecule has 0 atom stereocenters. The van der Waals surface area contributed by atoms with Crippen molar-refractivity contribution < 1.29 is 4.79 Å². The molecule has 2 aromatic heterocycles. The molecule has 1 aliphatic heterocycles. The van der Waals surface area contributed by atoms with E-state index in [1.165, 1.54) is 11.1 Å². The Morgan fingerprint density at radius 3 is 2.77 bits per heavy atom. The van der Waals surface area contributed by atoms with E-state index in [0.717, 1.165) is 29.7 Å². The number of carbonyl (C=O) groups is 1. The Morgan fingerprint density at radius 2 is 2.00 bits per heavy atom. The van der Waals surface area contributed by atoms with Crippen molar-refractivity contribution in [2.45, 2.75) is 52.7 Å². The monoisotopic (exact) mass is 351 g/mol. The van der Waals surface area contributed by atoms with E-state index in [4.69, 9.17) is 0 Å². The Hall–Kier alpha value is -2.63. The summed E-state index contributed by atoms with van der Waals surface area (Å²) < 4.78 is 3.92. The van der Waals surface area contributed by atoms with Crippen LogP contribution in [0.25, 0.3) is 11.0 Å². The van der Waals surface area contributed by atoms with Gasteiger partial charge in [-0.05, 0) is 38.3 Å². The average Bonchev–Trinajstić information content (AvgIpc) is 3.20. The summed E-state index contributed by atoms with van der Waals surface area (Å²) in [4.78, 5) is 14.7. The minimum atomic E-state index is 0.192. The van der Waals surface area contributed by atoms with Gasteiger partial charge in [0.15, 0.2) is 0 Å². The fourth-order valence-corrected chi connectivity index (χ4v) is 3.81. The molecule has 0 spiro atoms.